The van der Waals surface area contributed by atoms with Gasteiger partial charge in [0.1, 0.15) is 5.75 Å². The number of methoxy groups -OCH3 is 1. The average molecular weight is 326 g/mol. The van der Waals surface area contributed by atoms with Gasteiger partial charge in [0.2, 0.25) is 0 Å². The Labute approximate surface area is 136 Å². The number of nitrogens with zero attached hydrogens (tertiary/aromatic N) is 2. The molecule has 6 nitrogen and oxygen atoms in total. The minimum Gasteiger partial charge on any atom is -0.495 e. The third-order valence-electron chi connectivity index (χ3n) is 3.12. The minimum atomic E-state index is -0.647. The predicted molar refractivity (Wildman–Crippen MR) is 92.0 cm³/mol. The Balaban J connectivity index is 1.96. The third kappa shape index (κ3) is 3.14. The van der Waals surface area contributed by atoms with Gasteiger partial charge in [-0.05, 0) is 24.3 Å². The van der Waals surface area contributed by atoms with Gasteiger partial charge in [-0.1, -0.05) is 24.3 Å². The number of nitrogens with one attached hydrogen (secondary N) is 1. The normalized spacial score (nSPS) is 11.4. The molecule has 0 aliphatic rings. The van der Waals surface area contributed by atoms with Crippen LogP contribution in [-0.2, 0) is 4.79 Å². The van der Waals surface area contributed by atoms with Crippen LogP contribution in [0.2, 0.25) is 0 Å². The number of benzene rings is 2. The van der Waals surface area contributed by atoms with Gasteiger partial charge in [-0.3, -0.25) is 10.2 Å². The minimum absolute atomic E-state index is 0.0807. The summed E-state index contributed by atoms with van der Waals surface area (Å²) in [4.78, 5) is 16.1. The number of ether oxygens (including phenoxy) is 1. The number of nitrogens with two attached hydrogens (primary N) is 1. The molecule has 0 radical (unpaired) electrons. The molecule has 0 aliphatic carbocycles. The molecule has 0 saturated heterocycles. The van der Waals surface area contributed by atoms with Crippen molar-refractivity contribution in [3.8, 4) is 5.75 Å². The number of aromatic nitrogens is 1. The monoisotopic (exact) mass is 326 g/mol. The topological polar surface area (TPSA) is 89.6 Å². The number of amides is 1. The highest BCUT2D eigenvalue weighted by Crippen LogP contribution is 2.24. The highest BCUT2D eigenvalue weighted by molar-refractivity contribution is 7.21. The molecule has 0 fully saturated rings. The number of thiazole rings is 1. The Kier molecular flexibility index (Phi) is 4.20. The molecule has 3 rings (SSSR count). The van der Waals surface area contributed by atoms with E-state index in [9.17, 15) is 4.79 Å². The number of rotatable bonds is 5. The van der Waals surface area contributed by atoms with E-state index in [1.54, 1.807) is 19.2 Å². The number of para-hydroxylation sites is 3. The number of hydrazone groups is 1. The molecule has 1 amide bonds. The van der Waals surface area contributed by atoms with Gasteiger partial charge in [0, 0.05) is 0 Å². The van der Waals surface area contributed by atoms with Crippen molar-refractivity contribution in [2.24, 2.45) is 10.8 Å². The second-order valence-electron chi connectivity index (χ2n) is 4.62. The molecule has 1 aromatic heterocycles. The Bertz CT molecular complexity index is 855. The molecule has 3 aromatic rings. The van der Waals surface area contributed by atoms with E-state index >= 15 is 0 Å². The number of primary amides is 1. The zero-order valence-electron chi connectivity index (χ0n) is 12.3. The van der Waals surface area contributed by atoms with Gasteiger partial charge in [0.05, 0.1) is 23.0 Å². The zero-order valence-corrected chi connectivity index (χ0v) is 13.1. The molecule has 2 aromatic carbocycles. The molecule has 0 spiro atoms. The van der Waals surface area contributed by atoms with Crippen LogP contribution >= 0.6 is 11.3 Å². The van der Waals surface area contributed by atoms with E-state index in [4.69, 9.17) is 10.5 Å². The number of fused-ring (bicyclic) bond motifs is 1. The van der Waals surface area contributed by atoms with Gasteiger partial charge in [-0.25, -0.2) is 4.98 Å². The predicted octanol–water partition coefficient (Wildman–Crippen LogP) is 2.61. The Hall–Kier alpha value is -2.93. The lowest BCUT2D eigenvalue weighted by Gasteiger charge is -2.07. The van der Waals surface area contributed by atoms with Gasteiger partial charge in [0.25, 0.3) is 5.91 Å². The number of anilines is 1. The van der Waals surface area contributed by atoms with Gasteiger partial charge in [-0.15, -0.1) is 11.3 Å². The van der Waals surface area contributed by atoms with E-state index in [0.29, 0.717) is 16.4 Å². The molecular formula is C16H14N4O2S. The highest BCUT2D eigenvalue weighted by Gasteiger charge is 2.16. The number of hydrogen-bond acceptors (Lipinski definition) is 6. The third-order valence-corrected chi connectivity index (χ3v) is 4.17. The van der Waals surface area contributed by atoms with Crippen molar-refractivity contribution in [3.63, 3.8) is 0 Å². The van der Waals surface area contributed by atoms with Crippen molar-refractivity contribution in [2.75, 3.05) is 12.5 Å². The van der Waals surface area contributed by atoms with E-state index < -0.39 is 5.91 Å². The van der Waals surface area contributed by atoms with Crippen molar-refractivity contribution < 1.29 is 9.53 Å². The number of carbonyl (C=O) groups excluding carboxylic acids is 1. The van der Waals surface area contributed by atoms with Crippen molar-refractivity contribution in [1.29, 1.82) is 0 Å². The summed E-state index contributed by atoms with van der Waals surface area (Å²) in [7, 11) is 1.56. The molecule has 23 heavy (non-hydrogen) atoms. The van der Waals surface area contributed by atoms with Crippen LogP contribution in [0.15, 0.2) is 53.6 Å². The lowest BCUT2D eigenvalue weighted by molar-refractivity contribution is -0.111. The van der Waals surface area contributed by atoms with Crippen LogP contribution < -0.4 is 15.9 Å². The van der Waals surface area contributed by atoms with Gasteiger partial charge >= 0.3 is 0 Å². The van der Waals surface area contributed by atoms with Crippen LogP contribution in [0.5, 0.6) is 5.75 Å². The van der Waals surface area contributed by atoms with Crippen molar-refractivity contribution >= 4 is 38.9 Å². The summed E-state index contributed by atoms with van der Waals surface area (Å²) in [6.45, 7) is 0. The number of hydrogen-bond donors (Lipinski definition) is 2. The fraction of sp³-hybridized carbons (Fsp3) is 0.0625. The first-order valence-corrected chi connectivity index (χ1v) is 7.63. The maximum absolute atomic E-state index is 11.7. The lowest BCUT2D eigenvalue weighted by atomic mass is 10.3. The van der Waals surface area contributed by atoms with Crippen LogP contribution in [0, 0.1) is 0 Å². The van der Waals surface area contributed by atoms with Gasteiger partial charge in [0.15, 0.2) is 10.7 Å². The summed E-state index contributed by atoms with van der Waals surface area (Å²) in [5.74, 6) is -0.0316. The van der Waals surface area contributed by atoms with Crippen LogP contribution in [0.1, 0.15) is 5.01 Å². The Morgan fingerprint density at radius 1 is 1.22 bits per heavy atom. The first-order chi connectivity index (χ1) is 11.2. The average Bonchev–Trinajstić information content (AvgIpc) is 2.98. The largest absolute Gasteiger partial charge is 0.495 e. The first-order valence-electron chi connectivity index (χ1n) is 6.81. The molecule has 0 aliphatic heterocycles. The molecular weight excluding hydrogens is 312 g/mol. The number of carbonyl (C=O) groups is 1. The van der Waals surface area contributed by atoms with Crippen molar-refractivity contribution in [1.82, 2.24) is 4.98 Å². The molecule has 1 heterocycles. The summed E-state index contributed by atoms with van der Waals surface area (Å²) >= 11 is 1.36. The maximum atomic E-state index is 11.7. The Morgan fingerprint density at radius 2 is 1.96 bits per heavy atom. The molecule has 116 valence electrons. The second-order valence-corrected chi connectivity index (χ2v) is 5.65. The maximum Gasteiger partial charge on any atom is 0.272 e. The molecule has 0 atom stereocenters. The summed E-state index contributed by atoms with van der Waals surface area (Å²) in [5.41, 5.74) is 9.79. The smallest absolute Gasteiger partial charge is 0.272 e. The Morgan fingerprint density at radius 3 is 2.70 bits per heavy atom. The summed E-state index contributed by atoms with van der Waals surface area (Å²) in [5, 5.41) is 4.60. The SMILES string of the molecule is COc1ccccc1N/N=C(\C(N)=O)c1nc2ccccc2s1. The fourth-order valence-electron chi connectivity index (χ4n) is 2.03. The van der Waals surface area contributed by atoms with Crippen molar-refractivity contribution in [2.45, 2.75) is 0 Å². The fourth-order valence-corrected chi connectivity index (χ4v) is 3.00. The van der Waals surface area contributed by atoms with Crippen LogP contribution in [0.4, 0.5) is 5.69 Å². The highest BCUT2D eigenvalue weighted by atomic mass is 32.1. The van der Waals surface area contributed by atoms with Crippen molar-refractivity contribution in [3.05, 3.63) is 53.5 Å². The lowest BCUT2D eigenvalue weighted by Crippen LogP contribution is -2.25. The quantitative estimate of drug-likeness (QED) is 0.557. The van der Waals surface area contributed by atoms with Gasteiger partial charge < -0.3 is 10.5 Å². The van der Waals surface area contributed by atoms with Crippen LogP contribution in [0.25, 0.3) is 10.2 Å². The summed E-state index contributed by atoms with van der Waals surface area (Å²) in [6, 6.07) is 14.9. The molecule has 0 saturated carbocycles. The molecule has 0 bridgehead atoms. The van der Waals surface area contributed by atoms with Crippen LogP contribution in [-0.4, -0.2) is 23.7 Å². The molecule has 3 N–H and O–H groups in total. The van der Waals surface area contributed by atoms with E-state index in [1.807, 2.05) is 36.4 Å². The summed E-state index contributed by atoms with van der Waals surface area (Å²) < 4.78 is 6.20. The van der Waals surface area contributed by atoms with Crippen LogP contribution in [0.3, 0.4) is 0 Å². The zero-order chi connectivity index (χ0) is 16.2. The standard InChI is InChI=1S/C16H14N4O2S/c1-22-12-8-4-2-6-10(12)19-20-14(15(17)21)16-18-11-7-3-5-9-13(11)23-16/h2-9,19H,1H3,(H2,17,21)/b20-14+. The molecule has 0 unspecified atom stereocenters. The molecule has 7 heteroatoms. The van der Waals surface area contributed by atoms with Gasteiger partial charge in [-0.2, -0.15) is 5.10 Å². The second kappa shape index (κ2) is 6.45. The summed E-state index contributed by atoms with van der Waals surface area (Å²) in [6.07, 6.45) is 0. The van der Waals surface area contributed by atoms with E-state index in [2.05, 4.69) is 15.5 Å². The van der Waals surface area contributed by atoms with E-state index in [-0.39, 0.29) is 5.71 Å². The first kappa shape index (κ1) is 15.0. The van der Waals surface area contributed by atoms with E-state index in [1.165, 1.54) is 11.3 Å². The van der Waals surface area contributed by atoms with E-state index in [0.717, 1.165) is 10.2 Å².